The van der Waals surface area contributed by atoms with Gasteiger partial charge in [-0.2, -0.15) is 0 Å². The molecule has 0 unspecified atom stereocenters. The lowest BCUT2D eigenvalue weighted by atomic mass is 10.1. The van der Waals surface area contributed by atoms with Crippen molar-refractivity contribution in [2.24, 2.45) is 0 Å². The van der Waals surface area contributed by atoms with Crippen molar-refractivity contribution < 1.29 is 14.3 Å². The van der Waals surface area contributed by atoms with Gasteiger partial charge in [0.15, 0.2) is 5.78 Å². The van der Waals surface area contributed by atoms with Gasteiger partial charge in [0.25, 0.3) is 5.91 Å². The first-order valence-electron chi connectivity index (χ1n) is 8.31. The SMILES string of the molecule is CC(=O)c1cccc(NC(=O)c2cccc(OCc3ccccc3)c2)c1. The maximum atomic E-state index is 12.5. The van der Waals surface area contributed by atoms with Crippen LogP contribution >= 0.6 is 0 Å². The fourth-order valence-electron chi connectivity index (χ4n) is 2.49. The van der Waals surface area contributed by atoms with Gasteiger partial charge in [-0.05, 0) is 42.8 Å². The number of carbonyl (C=O) groups excluding carboxylic acids is 2. The third-order valence-corrected chi connectivity index (χ3v) is 3.87. The zero-order valence-electron chi connectivity index (χ0n) is 14.4. The van der Waals surface area contributed by atoms with Crippen molar-refractivity contribution >= 4 is 17.4 Å². The van der Waals surface area contributed by atoms with Crippen molar-refractivity contribution in [3.05, 3.63) is 95.6 Å². The van der Waals surface area contributed by atoms with Gasteiger partial charge < -0.3 is 10.1 Å². The Morgan fingerprint density at radius 2 is 1.58 bits per heavy atom. The Morgan fingerprint density at radius 1 is 0.846 bits per heavy atom. The summed E-state index contributed by atoms with van der Waals surface area (Å²) in [5.74, 6) is 0.326. The van der Waals surface area contributed by atoms with Crippen LogP contribution in [0, 0.1) is 0 Å². The van der Waals surface area contributed by atoms with Gasteiger partial charge in [-0.3, -0.25) is 9.59 Å². The summed E-state index contributed by atoms with van der Waals surface area (Å²) in [4.78, 5) is 23.9. The number of benzene rings is 3. The molecule has 3 aromatic carbocycles. The number of rotatable bonds is 6. The summed E-state index contributed by atoms with van der Waals surface area (Å²) in [5, 5.41) is 2.81. The van der Waals surface area contributed by atoms with E-state index in [-0.39, 0.29) is 11.7 Å². The molecule has 0 fully saturated rings. The monoisotopic (exact) mass is 345 g/mol. The van der Waals surface area contributed by atoms with Gasteiger partial charge in [0.05, 0.1) is 0 Å². The number of nitrogens with one attached hydrogen (secondary N) is 1. The zero-order chi connectivity index (χ0) is 18.4. The summed E-state index contributed by atoms with van der Waals surface area (Å²) < 4.78 is 5.76. The maximum Gasteiger partial charge on any atom is 0.255 e. The molecule has 4 heteroatoms. The van der Waals surface area contributed by atoms with Crippen LogP contribution in [0.4, 0.5) is 5.69 Å². The van der Waals surface area contributed by atoms with Crippen LogP contribution in [0.1, 0.15) is 33.2 Å². The Bertz CT molecular complexity index is 919. The number of carbonyl (C=O) groups is 2. The molecule has 0 bridgehead atoms. The average molecular weight is 345 g/mol. The number of ketones is 1. The van der Waals surface area contributed by atoms with Crippen molar-refractivity contribution in [1.29, 1.82) is 0 Å². The molecule has 26 heavy (non-hydrogen) atoms. The second kappa shape index (κ2) is 8.12. The first-order chi connectivity index (χ1) is 12.6. The number of Topliss-reactive ketones (excluding diaryl/α,β-unsaturated/α-hetero) is 1. The van der Waals surface area contributed by atoms with Crippen molar-refractivity contribution in [2.75, 3.05) is 5.32 Å². The van der Waals surface area contributed by atoms with Gasteiger partial charge >= 0.3 is 0 Å². The first kappa shape index (κ1) is 17.4. The summed E-state index contributed by atoms with van der Waals surface area (Å²) in [6.45, 7) is 1.93. The van der Waals surface area contributed by atoms with Crippen LogP contribution in [-0.2, 0) is 6.61 Å². The molecule has 0 saturated heterocycles. The molecule has 3 rings (SSSR count). The summed E-state index contributed by atoms with van der Waals surface area (Å²) >= 11 is 0. The van der Waals surface area contributed by atoms with Gasteiger partial charge in [0.1, 0.15) is 12.4 Å². The van der Waals surface area contributed by atoms with E-state index in [9.17, 15) is 9.59 Å². The van der Waals surface area contributed by atoms with E-state index in [0.717, 1.165) is 5.56 Å². The number of hydrogen-bond acceptors (Lipinski definition) is 3. The highest BCUT2D eigenvalue weighted by Gasteiger charge is 2.09. The number of amides is 1. The zero-order valence-corrected chi connectivity index (χ0v) is 14.4. The highest BCUT2D eigenvalue weighted by molar-refractivity contribution is 6.05. The minimum Gasteiger partial charge on any atom is -0.489 e. The fraction of sp³-hybridized carbons (Fsp3) is 0.0909. The van der Waals surface area contributed by atoms with Crippen LogP contribution in [-0.4, -0.2) is 11.7 Å². The molecule has 0 radical (unpaired) electrons. The molecule has 0 aliphatic rings. The Labute approximate surface area is 152 Å². The molecule has 0 atom stereocenters. The summed E-state index contributed by atoms with van der Waals surface area (Å²) in [6.07, 6.45) is 0. The van der Waals surface area contributed by atoms with E-state index in [4.69, 9.17) is 4.74 Å². The van der Waals surface area contributed by atoms with Crippen LogP contribution in [0.2, 0.25) is 0 Å². The van der Waals surface area contributed by atoms with E-state index in [1.54, 1.807) is 42.5 Å². The summed E-state index contributed by atoms with van der Waals surface area (Å²) in [7, 11) is 0. The second-order valence-corrected chi connectivity index (χ2v) is 5.89. The molecule has 0 saturated carbocycles. The summed E-state index contributed by atoms with van der Waals surface area (Å²) in [6, 6.07) is 23.7. The normalized spacial score (nSPS) is 10.2. The lowest BCUT2D eigenvalue weighted by Crippen LogP contribution is -2.12. The molecule has 0 spiro atoms. The highest BCUT2D eigenvalue weighted by Crippen LogP contribution is 2.17. The van der Waals surface area contributed by atoms with E-state index in [0.29, 0.717) is 29.2 Å². The lowest BCUT2D eigenvalue weighted by molar-refractivity contribution is 0.101. The molecule has 3 aromatic rings. The Morgan fingerprint density at radius 3 is 2.35 bits per heavy atom. The van der Waals surface area contributed by atoms with Gasteiger partial charge in [-0.15, -0.1) is 0 Å². The lowest BCUT2D eigenvalue weighted by Gasteiger charge is -2.09. The van der Waals surface area contributed by atoms with Crippen molar-refractivity contribution in [3.63, 3.8) is 0 Å². The largest absolute Gasteiger partial charge is 0.489 e. The first-order valence-corrected chi connectivity index (χ1v) is 8.31. The summed E-state index contributed by atoms with van der Waals surface area (Å²) in [5.41, 5.74) is 2.69. The van der Waals surface area contributed by atoms with E-state index in [1.807, 2.05) is 36.4 Å². The molecular formula is C22H19NO3. The second-order valence-electron chi connectivity index (χ2n) is 5.89. The standard InChI is InChI=1S/C22H19NO3/c1-16(24)18-9-5-11-20(13-18)23-22(25)19-10-6-12-21(14-19)26-15-17-7-3-2-4-8-17/h2-14H,15H2,1H3,(H,23,25). The van der Waals surface area contributed by atoms with Crippen LogP contribution < -0.4 is 10.1 Å². The van der Waals surface area contributed by atoms with E-state index in [2.05, 4.69) is 5.32 Å². The fourth-order valence-corrected chi connectivity index (χ4v) is 2.49. The van der Waals surface area contributed by atoms with Gasteiger partial charge in [-0.1, -0.05) is 48.5 Å². The number of anilines is 1. The van der Waals surface area contributed by atoms with Gasteiger partial charge in [0.2, 0.25) is 0 Å². The molecule has 0 aromatic heterocycles. The third kappa shape index (κ3) is 4.57. The molecular weight excluding hydrogens is 326 g/mol. The minimum atomic E-state index is -0.254. The Kier molecular flexibility index (Phi) is 5.44. The highest BCUT2D eigenvalue weighted by atomic mass is 16.5. The van der Waals surface area contributed by atoms with E-state index >= 15 is 0 Å². The molecule has 1 amide bonds. The Balaban J connectivity index is 1.68. The smallest absolute Gasteiger partial charge is 0.255 e. The molecule has 0 heterocycles. The molecule has 0 aliphatic carbocycles. The van der Waals surface area contributed by atoms with Crippen molar-refractivity contribution in [2.45, 2.75) is 13.5 Å². The van der Waals surface area contributed by atoms with Crippen molar-refractivity contribution in [1.82, 2.24) is 0 Å². The van der Waals surface area contributed by atoms with Crippen molar-refractivity contribution in [3.8, 4) is 5.75 Å². The van der Waals surface area contributed by atoms with E-state index < -0.39 is 0 Å². The number of hydrogen-bond donors (Lipinski definition) is 1. The van der Waals surface area contributed by atoms with Gasteiger partial charge in [0, 0.05) is 16.8 Å². The van der Waals surface area contributed by atoms with Crippen LogP contribution in [0.15, 0.2) is 78.9 Å². The van der Waals surface area contributed by atoms with Crippen LogP contribution in [0.3, 0.4) is 0 Å². The van der Waals surface area contributed by atoms with E-state index in [1.165, 1.54) is 6.92 Å². The average Bonchev–Trinajstić information content (AvgIpc) is 2.67. The predicted octanol–water partition coefficient (Wildman–Crippen LogP) is 4.72. The van der Waals surface area contributed by atoms with Gasteiger partial charge in [-0.25, -0.2) is 0 Å². The Hall–Kier alpha value is -3.40. The predicted molar refractivity (Wildman–Crippen MR) is 102 cm³/mol. The topological polar surface area (TPSA) is 55.4 Å². The van der Waals surface area contributed by atoms with Crippen LogP contribution in [0.5, 0.6) is 5.75 Å². The number of ether oxygens (including phenoxy) is 1. The molecule has 1 N–H and O–H groups in total. The molecule has 4 nitrogen and oxygen atoms in total. The minimum absolute atomic E-state index is 0.0441. The molecule has 130 valence electrons. The maximum absolute atomic E-state index is 12.5. The molecule has 0 aliphatic heterocycles. The van der Waals surface area contributed by atoms with Crippen LogP contribution in [0.25, 0.3) is 0 Å². The quantitative estimate of drug-likeness (QED) is 0.658. The third-order valence-electron chi connectivity index (χ3n) is 3.87.